The van der Waals surface area contributed by atoms with Crippen molar-refractivity contribution < 1.29 is 19.4 Å². The van der Waals surface area contributed by atoms with Crippen molar-refractivity contribution >= 4 is 11.9 Å². The molecule has 0 saturated heterocycles. The maximum absolute atomic E-state index is 11.5. The lowest BCUT2D eigenvalue weighted by Gasteiger charge is -2.18. The van der Waals surface area contributed by atoms with E-state index in [0.717, 1.165) is 0 Å². The van der Waals surface area contributed by atoms with Gasteiger partial charge in [0.25, 0.3) is 0 Å². The maximum atomic E-state index is 11.5. The summed E-state index contributed by atoms with van der Waals surface area (Å²) < 4.78 is 4.51. The molecule has 0 aromatic heterocycles. The van der Waals surface area contributed by atoms with Gasteiger partial charge in [-0.2, -0.15) is 0 Å². The minimum absolute atomic E-state index is 0.0505. The first-order chi connectivity index (χ1) is 7.54. The molecule has 17 heavy (non-hydrogen) atoms. The molecule has 0 aromatic rings. The average molecular weight is 240 g/mol. The van der Waals surface area contributed by atoms with Crippen LogP contribution in [0.15, 0.2) is 23.5 Å². The van der Waals surface area contributed by atoms with Crippen LogP contribution in [0.25, 0.3) is 0 Å². The van der Waals surface area contributed by atoms with E-state index in [-0.39, 0.29) is 22.3 Å². The summed E-state index contributed by atoms with van der Waals surface area (Å²) in [6.07, 6.45) is 0.342. The van der Waals surface area contributed by atoms with E-state index in [9.17, 15) is 14.7 Å². The third kappa shape index (κ3) is 5.90. The second kappa shape index (κ2) is 5.66. The number of allylic oxidation sites excluding steroid dienone is 1. The van der Waals surface area contributed by atoms with Crippen LogP contribution >= 0.6 is 0 Å². The standard InChI is InChI=1S/C13H20O4/c1-8(2)11(15)17-12(16)9(3)10(14)7-13(4,5)6/h14H,1,7H2,2-6H3. The van der Waals surface area contributed by atoms with Gasteiger partial charge in [-0.25, -0.2) is 9.59 Å². The molecular formula is C13H20O4. The average Bonchev–Trinajstić information content (AvgIpc) is 2.13. The summed E-state index contributed by atoms with van der Waals surface area (Å²) in [5.41, 5.74) is 0.0419. The highest BCUT2D eigenvalue weighted by atomic mass is 16.6. The molecule has 0 unspecified atom stereocenters. The number of hydrogen-bond acceptors (Lipinski definition) is 4. The number of hydrogen-bond donors (Lipinski definition) is 1. The summed E-state index contributed by atoms with van der Waals surface area (Å²) in [5, 5.41) is 9.72. The van der Waals surface area contributed by atoms with Crippen molar-refractivity contribution in [2.75, 3.05) is 0 Å². The summed E-state index contributed by atoms with van der Waals surface area (Å²) >= 11 is 0. The van der Waals surface area contributed by atoms with Gasteiger partial charge in [-0.3, -0.25) is 0 Å². The first-order valence-corrected chi connectivity index (χ1v) is 5.35. The van der Waals surface area contributed by atoms with Crippen LogP contribution in [-0.2, 0) is 14.3 Å². The van der Waals surface area contributed by atoms with E-state index in [2.05, 4.69) is 11.3 Å². The molecule has 4 nitrogen and oxygen atoms in total. The number of aliphatic hydroxyl groups is 1. The largest absolute Gasteiger partial charge is 0.512 e. The van der Waals surface area contributed by atoms with E-state index in [1.807, 2.05) is 20.8 Å². The molecule has 0 atom stereocenters. The Kier molecular flexibility index (Phi) is 5.13. The molecule has 0 rings (SSSR count). The van der Waals surface area contributed by atoms with Crippen molar-refractivity contribution in [3.05, 3.63) is 23.5 Å². The maximum Gasteiger partial charge on any atom is 0.345 e. The molecule has 0 bridgehead atoms. The summed E-state index contributed by atoms with van der Waals surface area (Å²) in [4.78, 5) is 22.6. The fraction of sp³-hybridized carbons (Fsp3) is 0.538. The molecule has 0 saturated carbocycles. The topological polar surface area (TPSA) is 63.6 Å². The van der Waals surface area contributed by atoms with Crippen molar-refractivity contribution in [2.45, 2.75) is 41.0 Å². The molecule has 0 radical (unpaired) electrons. The van der Waals surface area contributed by atoms with E-state index in [1.165, 1.54) is 13.8 Å². The minimum Gasteiger partial charge on any atom is -0.512 e. The Balaban J connectivity index is 4.74. The van der Waals surface area contributed by atoms with Crippen LogP contribution in [0.1, 0.15) is 41.0 Å². The smallest absolute Gasteiger partial charge is 0.345 e. The van der Waals surface area contributed by atoms with Gasteiger partial charge in [0, 0.05) is 12.0 Å². The molecule has 0 amide bonds. The van der Waals surface area contributed by atoms with Crippen LogP contribution < -0.4 is 0 Å². The molecule has 0 aliphatic heterocycles. The number of ether oxygens (including phenoxy) is 1. The molecule has 4 heteroatoms. The highest BCUT2D eigenvalue weighted by Crippen LogP contribution is 2.24. The van der Waals surface area contributed by atoms with Gasteiger partial charge >= 0.3 is 11.9 Å². The normalized spacial score (nSPS) is 12.8. The minimum atomic E-state index is -0.834. The van der Waals surface area contributed by atoms with Crippen LogP contribution in [0.3, 0.4) is 0 Å². The fourth-order valence-electron chi connectivity index (χ4n) is 1.00. The number of carbonyl (C=O) groups excluding carboxylic acids is 2. The van der Waals surface area contributed by atoms with Crippen LogP contribution in [-0.4, -0.2) is 17.0 Å². The van der Waals surface area contributed by atoms with E-state index >= 15 is 0 Å². The number of carbonyl (C=O) groups is 2. The van der Waals surface area contributed by atoms with Crippen LogP contribution in [0.5, 0.6) is 0 Å². The van der Waals surface area contributed by atoms with Crippen LogP contribution in [0.2, 0.25) is 0 Å². The van der Waals surface area contributed by atoms with Crippen molar-refractivity contribution in [1.82, 2.24) is 0 Å². The van der Waals surface area contributed by atoms with Crippen molar-refractivity contribution in [2.24, 2.45) is 5.41 Å². The third-order valence-electron chi connectivity index (χ3n) is 1.97. The lowest BCUT2D eigenvalue weighted by atomic mass is 9.90. The van der Waals surface area contributed by atoms with E-state index in [4.69, 9.17) is 0 Å². The number of esters is 2. The highest BCUT2D eigenvalue weighted by molar-refractivity contribution is 6.01. The Morgan fingerprint density at radius 2 is 1.65 bits per heavy atom. The number of aliphatic hydroxyl groups excluding tert-OH is 1. The monoisotopic (exact) mass is 240 g/mol. The number of rotatable bonds is 3. The molecule has 0 fully saturated rings. The van der Waals surface area contributed by atoms with E-state index in [1.54, 1.807) is 0 Å². The van der Waals surface area contributed by atoms with E-state index in [0.29, 0.717) is 6.42 Å². The van der Waals surface area contributed by atoms with Crippen molar-refractivity contribution in [3.63, 3.8) is 0 Å². The Morgan fingerprint density at radius 3 is 2.00 bits per heavy atom. The van der Waals surface area contributed by atoms with Crippen molar-refractivity contribution in [3.8, 4) is 0 Å². The molecule has 0 aliphatic rings. The zero-order valence-electron chi connectivity index (χ0n) is 11.1. The Labute approximate surface area is 102 Å². The summed E-state index contributed by atoms with van der Waals surface area (Å²) in [5.74, 6) is -1.67. The van der Waals surface area contributed by atoms with Gasteiger partial charge in [-0.05, 0) is 19.3 Å². The Hall–Kier alpha value is -1.58. The highest BCUT2D eigenvalue weighted by Gasteiger charge is 2.20. The second-order valence-electron chi connectivity index (χ2n) is 5.27. The molecule has 96 valence electrons. The summed E-state index contributed by atoms with van der Waals surface area (Å²) in [6.45, 7) is 12.0. The first kappa shape index (κ1) is 15.4. The predicted octanol–water partition coefficient (Wildman–Crippen LogP) is 2.90. The van der Waals surface area contributed by atoms with Crippen LogP contribution in [0, 0.1) is 5.41 Å². The Morgan fingerprint density at radius 1 is 1.18 bits per heavy atom. The SMILES string of the molecule is C=C(C)C(=O)OC(=O)C(C)=C(O)CC(C)(C)C. The zero-order valence-corrected chi connectivity index (χ0v) is 11.1. The second-order valence-corrected chi connectivity index (χ2v) is 5.27. The zero-order chi connectivity index (χ0) is 13.8. The van der Waals surface area contributed by atoms with Gasteiger partial charge in [0.1, 0.15) is 5.76 Å². The lowest BCUT2D eigenvalue weighted by molar-refractivity contribution is -0.154. The predicted molar refractivity (Wildman–Crippen MR) is 65.3 cm³/mol. The van der Waals surface area contributed by atoms with Crippen molar-refractivity contribution in [1.29, 1.82) is 0 Å². The van der Waals surface area contributed by atoms with Gasteiger partial charge < -0.3 is 9.84 Å². The molecule has 1 N–H and O–H groups in total. The fourth-order valence-corrected chi connectivity index (χ4v) is 1.00. The van der Waals surface area contributed by atoms with Crippen LogP contribution in [0.4, 0.5) is 0 Å². The molecule has 0 aliphatic carbocycles. The van der Waals surface area contributed by atoms with Gasteiger partial charge in [-0.1, -0.05) is 27.4 Å². The quantitative estimate of drug-likeness (QED) is 0.356. The Bertz CT molecular complexity index is 369. The van der Waals surface area contributed by atoms with Gasteiger partial charge in [0.15, 0.2) is 0 Å². The molecular weight excluding hydrogens is 220 g/mol. The third-order valence-corrected chi connectivity index (χ3v) is 1.97. The molecule has 0 heterocycles. The molecule has 0 aromatic carbocycles. The summed E-state index contributed by atoms with van der Waals surface area (Å²) in [6, 6.07) is 0. The first-order valence-electron chi connectivity index (χ1n) is 5.35. The summed E-state index contributed by atoms with van der Waals surface area (Å²) in [7, 11) is 0. The van der Waals surface area contributed by atoms with Gasteiger partial charge in [0.05, 0.1) is 5.57 Å². The van der Waals surface area contributed by atoms with E-state index < -0.39 is 11.9 Å². The lowest BCUT2D eigenvalue weighted by Crippen LogP contribution is -2.16. The molecule has 0 spiro atoms. The van der Waals surface area contributed by atoms with Gasteiger partial charge in [0.2, 0.25) is 0 Å². The van der Waals surface area contributed by atoms with Gasteiger partial charge in [-0.15, -0.1) is 0 Å².